The minimum absolute atomic E-state index is 0.184. The van der Waals surface area contributed by atoms with Gasteiger partial charge in [-0.25, -0.2) is 9.78 Å². The number of hydrogen-bond acceptors (Lipinski definition) is 7. The fourth-order valence-corrected chi connectivity index (χ4v) is 2.49. The third-order valence-corrected chi connectivity index (χ3v) is 3.78. The summed E-state index contributed by atoms with van der Waals surface area (Å²) in [5, 5.41) is 0. The molecular formula is C15H18N2O6S. The van der Waals surface area contributed by atoms with E-state index in [2.05, 4.69) is 11.6 Å². The van der Waals surface area contributed by atoms with Crippen molar-refractivity contribution < 1.29 is 26.9 Å². The normalized spacial score (nSPS) is 11.5. The molecule has 0 radical (unpaired) electrons. The van der Waals surface area contributed by atoms with Gasteiger partial charge in [0.25, 0.3) is 10.1 Å². The summed E-state index contributed by atoms with van der Waals surface area (Å²) in [5.74, 6) is 0.117. The SMILES string of the molecule is C=CCOc1c(C(=O)OC)ccc2nc(COS(C)(=O)=O)n(C)c12. The van der Waals surface area contributed by atoms with E-state index in [1.165, 1.54) is 7.11 Å². The number of rotatable bonds is 7. The number of fused-ring (bicyclic) bond motifs is 1. The molecule has 0 bridgehead atoms. The van der Waals surface area contributed by atoms with E-state index in [0.29, 0.717) is 22.6 Å². The summed E-state index contributed by atoms with van der Waals surface area (Å²) in [6, 6.07) is 3.17. The monoisotopic (exact) mass is 354 g/mol. The first kappa shape index (κ1) is 18.0. The van der Waals surface area contributed by atoms with Crippen molar-refractivity contribution in [2.45, 2.75) is 6.61 Å². The molecule has 0 saturated carbocycles. The number of carbonyl (C=O) groups excluding carboxylic acids is 1. The van der Waals surface area contributed by atoms with Gasteiger partial charge in [-0.3, -0.25) is 4.18 Å². The molecule has 0 spiro atoms. The number of hydrogen-bond donors (Lipinski definition) is 0. The van der Waals surface area contributed by atoms with Crippen molar-refractivity contribution >= 4 is 27.1 Å². The molecule has 0 amide bonds. The number of ether oxygens (including phenoxy) is 2. The highest BCUT2D eigenvalue weighted by Crippen LogP contribution is 2.31. The number of methoxy groups -OCH3 is 1. The van der Waals surface area contributed by atoms with Crippen LogP contribution in [0.3, 0.4) is 0 Å². The predicted octanol–water partition coefficient (Wildman–Crippen LogP) is 1.40. The van der Waals surface area contributed by atoms with Crippen LogP contribution in [0.25, 0.3) is 11.0 Å². The summed E-state index contributed by atoms with van der Waals surface area (Å²) in [5.41, 5.74) is 1.31. The molecule has 0 fully saturated rings. The highest BCUT2D eigenvalue weighted by atomic mass is 32.2. The molecule has 0 N–H and O–H groups in total. The molecule has 24 heavy (non-hydrogen) atoms. The molecule has 2 aromatic rings. The number of carbonyl (C=O) groups is 1. The summed E-state index contributed by atoms with van der Waals surface area (Å²) in [4.78, 5) is 16.3. The maximum absolute atomic E-state index is 12.0. The van der Waals surface area contributed by atoms with Crippen LogP contribution in [-0.2, 0) is 32.7 Å². The number of imidazole rings is 1. The first-order chi connectivity index (χ1) is 11.3. The lowest BCUT2D eigenvalue weighted by Crippen LogP contribution is -2.09. The van der Waals surface area contributed by atoms with E-state index in [1.54, 1.807) is 29.8 Å². The summed E-state index contributed by atoms with van der Waals surface area (Å²) in [6.07, 6.45) is 2.51. The first-order valence-corrected chi connectivity index (χ1v) is 8.75. The highest BCUT2D eigenvalue weighted by Gasteiger charge is 2.21. The summed E-state index contributed by atoms with van der Waals surface area (Å²) in [7, 11) is -0.643. The van der Waals surface area contributed by atoms with Gasteiger partial charge in [0, 0.05) is 7.05 Å². The quantitative estimate of drug-likeness (QED) is 0.421. The number of aromatic nitrogens is 2. The molecule has 0 atom stereocenters. The second kappa shape index (κ2) is 7.02. The van der Waals surface area contributed by atoms with Crippen molar-refractivity contribution in [1.29, 1.82) is 0 Å². The molecule has 0 unspecified atom stereocenters. The minimum atomic E-state index is -3.60. The second-order valence-electron chi connectivity index (χ2n) is 4.95. The van der Waals surface area contributed by atoms with Gasteiger partial charge in [-0.15, -0.1) is 0 Å². The molecule has 1 aromatic carbocycles. The van der Waals surface area contributed by atoms with Crippen molar-refractivity contribution in [1.82, 2.24) is 9.55 Å². The number of esters is 1. The van der Waals surface area contributed by atoms with Crippen LogP contribution in [0.15, 0.2) is 24.8 Å². The molecule has 9 heteroatoms. The number of benzene rings is 1. The van der Waals surface area contributed by atoms with E-state index >= 15 is 0 Å². The molecule has 130 valence electrons. The Morgan fingerprint density at radius 1 is 1.42 bits per heavy atom. The first-order valence-electron chi connectivity index (χ1n) is 6.93. The van der Waals surface area contributed by atoms with Gasteiger partial charge in [0.2, 0.25) is 0 Å². The largest absolute Gasteiger partial charge is 0.486 e. The van der Waals surface area contributed by atoms with Gasteiger partial charge in [0.15, 0.2) is 5.75 Å². The van der Waals surface area contributed by atoms with E-state index in [4.69, 9.17) is 13.7 Å². The molecule has 8 nitrogen and oxygen atoms in total. The zero-order chi connectivity index (χ0) is 17.9. The number of aryl methyl sites for hydroxylation is 1. The fourth-order valence-electron chi connectivity index (χ4n) is 2.17. The molecule has 0 saturated heterocycles. The Bertz CT molecular complexity index is 885. The van der Waals surface area contributed by atoms with Crippen LogP contribution in [0.4, 0.5) is 0 Å². The molecule has 1 heterocycles. The van der Waals surface area contributed by atoms with Crippen molar-refractivity contribution in [3.05, 3.63) is 36.2 Å². The lowest BCUT2D eigenvalue weighted by atomic mass is 10.1. The van der Waals surface area contributed by atoms with Crippen LogP contribution < -0.4 is 4.74 Å². The third-order valence-electron chi connectivity index (χ3n) is 3.24. The molecule has 0 aliphatic carbocycles. The lowest BCUT2D eigenvalue weighted by molar-refractivity contribution is 0.0597. The van der Waals surface area contributed by atoms with Gasteiger partial charge in [-0.05, 0) is 12.1 Å². The minimum Gasteiger partial charge on any atom is -0.486 e. The van der Waals surface area contributed by atoms with Crippen LogP contribution in [0.2, 0.25) is 0 Å². The van der Waals surface area contributed by atoms with Crippen molar-refractivity contribution in [3.63, 3.8) is 0 Å². The number of nitrogens with zero attached hydrogens (tertiary/aromatic N) is 2. The van der Waals surface area contributed by atoms with Gasteiger partial charge in [-0.1, -0.05) is 12.7 Å². The molecule has 0 aliphatic heterocycles. The fraction of sp³-hybridized carbons (Fsp3) is 0.333. The van der Waals surface area contributed by atoms with E-state index in [9.17, 15) is 13.2 Å². The average Bonchev–Trinajstić information content (AvgIpc) is 2.85. The van der Waals surface area contributed by atoms with Gasteiger partial charge >= 0.3 is 5.97 Å². The summed E-state index contributed by atoms with van der Waals surface area (Å²) < 4.78 is 39.1. The Morgan fingerprint density at radius 3 is 2.71 bits per heavy atom. The van der Waals surface area contributed by atoms with E-state index < -0.39 is 16.1 Å². The zero-order valence-electron chi connectivity index (χ0n) is 13.6. The van der Waals surface area contributed by atoms with Crippen molar-refractivity contribution in [2.24, 2.45) is 7.05 Å². The zero-order valence-corrected chi connectivity index (χ0v) is 14.4. The maximum atomic E-state index is 12.0. The van der Waals surface area contributed by atoms with Crippen molar-refractivity contribution in [3.8, 4) is 5.75 Å². The maximum Gasteiger partial charge on any atom is 0.341 e. The summed E-state index contributed by atoms with van der Waals surface area (Å²) >= 11 is 0. The standard InChI is InChI=1S/C15H18N2O6S/c1-5-8-22-14-10(15(18)21-3)6-7-11-13(14)17(2)12(16-11)9-23-24(4,19)20/h5-7H,1,8-9H2,2-4H3. The molecule has 2 rings (SSSR count). The Kier molecular flexibility index (Phi) is 5.25. The van der Waals surface area contributed by atoms with Gasteiger partial charge < -0.3 is 14.0 Å². The summed E-state index contributed by atoms with van der Waals surface area (Å²) in [6.45, 7) is 3.54. The second-order valence-corrected chi connectivity index (χ2v) is 6.60. The molecule has 0 aliphatic rings. The van der Waals surface area contributed by atoms with Crippen LogP contribution >= 0.6 is 0 Å². The van der Waals surface area contributed by atoms with Gasteiger partial charge in [0.05, 0.1) is 18.9 Å². The van der Waals surface area contributed by atoms with E-state index in [1.807, 2.05) is 0 Å². The van der Waals surface area contributed by atoms with Crippen LogP contribution in [0, 0.1) is 0 Å². The van der Waals surface area contributed by atoms with Crippen molar-refractivity contribution in [2.75, 3.05) is 20.0 Å². The van der Waals surface area contributed by atoms with Gasteiger partial charge in [0.1, 0.15) is 30.1 Å². The topological polar surface area (TPSA) is 96.7 Å². The Labute approximate surface area is 139 Å². The van der Waals surface area contributed by atoms with Crippen LogP contribution in [0.5, 0.6) is 5.75 Å². The Balaban J connectivity index is 2.58. The molecular weight excluding hydrogens is 336 g/mol. The molecule has 1 aromatic heterocycles. The van der Waals surface area contributed by atoms with Crippen LogP contribution in [0.1, 0.15) is 16.2 Å². The average molecular weight is 354 g/mol. The third kappa shape index (κ3) is 3.74. The Hall–Kier alpha value is -2.39. The highest BCUT2D eigenvalue weighted by molar-refractivity contribution is 7.85. The van der Waals surface area contributed by atoms with E-state index in [0.717, 1.165) is 6.26 Å². The van der Waals surface area contributed by atoms with E-state index in [-0.39, 0.29) is 18.8 Å². The smallest absolute Gasteiger partial charge is 0.341 e. The van der Waals surface area contributed by atoms with Crippen LogP contribution in [-0.4, -0.2) is 43.9 Å². The Morgan fingerprint density at radius 2 is 2.12 bits per heavy atom. The van der Waals surface area contributed by atoms with Gasteiger partial charge in [-0.2, -0.15) is 8.42 Å². The predicted molar refractivity (Wildman–Crippen MR) is 87.4 cm³/mol. The lowest BCUT2D eigenvalue weighted by Gasteiger charge is -2.11.